The molecule has 0 bridgehead atoms. The molecule has 3 heterocycles. The molecule has 5 aromatic rings. The summed E-state index contributed by atoms with van der Waals surface area (Å²) in [6, 6.07) is 16.1. The molecule has 5 nitrogen and oxygen atoms in total. The molecule has 6 heteroatoms. The van der Waals surface area contributed by atoms with E-state index in [-0.39, 0.29) is 0 Å². The third-order valence-electron chi connectivity index (χ3n) is 4.88. The van der Waals surface area contributed by atoms with Crippen LogP contribution in [-0.4, -0.2) is 11.2 Å². The molecule has 0 saturated carbocycles. The molecule has 0 amide bonds. The van der Waals surface area contributed by atoms with Crippen LogP contribution in [0.25, 0.3) is 42.6 Å². The second kappa shape index (κ2) is 6.21. The number of fused-ring (bicyclic) bond motifs is 2. The highest BCUT2D eigenvalue weighted by Gasteiger charge is 2.17. The van der Waals surface area contributed by atoms with Crippen LogP contribution in [0, 0.1) is 5.41 Å². The van der Waals surface area contributed by atoms with Crippen LogP contribution in [0.3, 0.4) is 0 Å². The fraction of sp³-hybridized carbons (Fsp3) is 0. The molecule has 0 aliphatic carbocycles. The second-order valence-electron chi connectivity index (χ2n) is 6.54. The lowest BCUT2D eigenvalue weighted by molar-refractivity contribution is 0.616. The van der Waals surface area contributed by atoms with Crippen molar-refractivity contribution in [3.8, 4) is 21.6 Å². The topological polar surface area (TPSA) is 102 Å². The van der Waals surface area contributed by atoms with Gasteiger partial charge in [0.2, 0.25) is 0 Å². The van der Waals surface area contributed by atoms with Gasteiger partial charge in [-0.05, 0) is 41.3 Å². The largest absolute Gasteiger partial charge is 0.463 e. The third kappa shape index (κ3) is 2.46. The first kappa shape index (κ1) is 16.5. The van der Waals surface area contributed by atoms with Crippen LogP contribution in [0.5, 0.6) is 0 Å². The first-order chi connectivity index (χ1) is 13.7. The van der Waals surface area contributed by atoms with Crippen molar-refractivity contribution in [3.05, 3.63) is 66.6 Å². The van der Waals surface area contributed by atoms with Crippen molar-refractivity contribution in [1.82, 2.24) is 4.98 Å². The number of rotatable bonds is 3. The summed E-state index contributed by atoms with van der Waals surface area (Å²) in [5, 5.41) is 9.76. The fourth-order valence-corrected chi connectivity index (χ4v) is 4.58. The second-order valence-corrected chi connectivity index (χ2v) is 7.62. The number of nitrogens with two attached hydrogens (primary N) is 2. The number of nitrogens with one attached hydrogen (secondary N) is 1. The highest BCUT2D eigenvalue weighted by molar-refractivity contribution is 7.22. The predicted molar refractivity (Wildman–Crippen MR) is 117 cm³/mol. The van der Waals surface area contributed by atoms with E-state index in [1.54, 1.807) is 29.9 Å². The Morgan fingerprint density at radius 3 is 2.71 bits per heavy atom. The maximum atomic E-state index is 7.82. The summed E-state index contributed by atoms with van der Waals surface area (Å²) in [5.41, 5.74) is 17.1. The molecule has 0 aliphatic rings. The minimum absolute atomic E-state index is 0.415. The van der Waals surface area contributed by atoms with Gasteiger partial charge in [0.25, 0.3) is 0 Å². The number of nitrogens with zero attached hydrogens (tertiary/aromatic N) is 1. The average Bonchev–Trinajstić information content (AvgIpc) is 3.33. The molecule has 0 aliphatic heterocycles. The smallest absolute Gasteiger partial charge is 0.139 e. The summed E-state index contributed by atoms with van der Waals surface area (Å²) in [6.07, 6.45) is 4.58. The lowest BCUT2D eigenvalue weighted by Crippen LogP contribution is -1.97. The molecule has 0 fully saturated rings. The zero-order chi connectivity index (χ0) is 19.3. The summed E-state index contributed by atoms with van der Waals surface area (Å²) in [5.74, 6) is 0.415. The third-order valence-corrected chi connectivity index (χ3v) is 6.03. The minimum Gasteiger partial charge on any atom is -0.463 e. The normalized spacial score (nSPS) is 11.3. The maximum absolute atomic E-state index is 7.82. The van der Waals surface area contributed by atoms with E-state index >= 15 is 0 Å². The number of furan rings is 1. The zero-order valence-corrected chi connectivity index (χ0v) is 15.6. The van der Waals surface area contributed by atoms with Crippen LogP contribution < -0.4 is 11.5 Å². The van der Waals surface area contributed by atoms with Crippen molar-refractivity contribution in [2.75, 3.05) is 11.5 Å². The van der Waals surface area contributed by atoms with E-state index < -0.39 is 0 Å². The van der Waals surface area contributed by atoms with Gasteiger partial charge in [0.1, 0.15) is 11.4 Å². The van der Waals surface area contributed by atoms with E-state index in [1.165, 1.54) is 16.3 Å². The van der Waals surface area contributed by atoms with Crippen molar-refractivity contribution in [3.63, 3.8) is 0 Å². The van der Waals surface area contributed by atoms with Crippen molar-refractivity contribution in [1.29, 1.82) is 5.41 Å². The van der Waals surface area contributed by atoms with Crippen LogP contribution in [0.2, 0.25) is 0 Å². The molecule has 2 aromatic carbocycles. The number of benzene rings is 2. The van der Waals surface area contributed by atoms with Crippen LogP contribution in [0.4, 0.5) is 11.5 Å². The van der Waals surface area contributed by atoms with E-state index in [9.17, 15) is 0 Å². The Labute approximate surface area is 164 Å². The number of aromatic nitrogens is 1. The lowest BCUT2D eigenvalue weighted by atomic mass is 9.97. The van der Waals surface area contributed by atoms with Gasteiger partial charge in [-0.2, -0.15) is 0 Å². The van der Waals surface area contributed by atoms with Gasteiger partial charge in [0.15, 0.2) is 0 Å². The fourth-order valence-electron chi connectivity index (χ4n) is 3.49. The van der Waals surface area contributed by atoms with Crippen molar-refractivity contribution in [2.45, 2.75) is 0 Å². The summed E-state index contributed by atoms with van der Waals surface area (Å²) >= 11 is 1.68. The van der Waals surface area contributed by atoms with E-state index in [4.69, 9.17) is 21.3 Å². The number of hydrogen-bond acceptors (Lipinski definition) is 6. The predicted octanol–water partition coefficient (Wildman–Crippen LogP) is 5.54. The molecule has 5 N–H and O–H groups in total. The Balaban J connectivity index is 1.78. The van der Waals surface area contributed by atoms with E-state index in [0.29, 0.717) is 22.7 Å². The van der Waals surface area contributed by atoms with Gasteiger partial charge in [-0.1, -0.05) is 18.2 Å². The highest BCUT2D eigenvalue weighted by atomic mass is 32.1. The zero-order valence-electron chi connectivity index (χ0n) is 14.8. The van der Waals surface area contributed by atoms with Crippen LogP contribution in [0.15, 0.2) is 65.4 Å². The number of thiophene rings is 1. The summed E-state index contributed by atoms with van der Waals surface area (Å²) in [4.78, 5) is 5.24. The van der Waals surface area contributed by atoms with Crippen molar-refractivity contribution >= 4 is 50.1 Å². The van der Waals surface area contributed by atoms with Gasteiger partial charge in [0.05, 0.1) is 11.6 Å². The number of nitrogen functional groups attached to an aromatic ring is 2. The highest BCUT2D eigenvalue weighted by Crippen LogP contribution is 2.41. The van der Waals surface area contributed by atoms with E-state index in [0.717, 1.165) is 27.0 Å². The maximum Gasteiger partial charge on any atom is 0.139 e. The number of pyridine rings is 1. The van der Waals surface area contributed by atoms with Crippen molar-refractivity contribution < 1.29 is 4.42 Å². The standard InChI is InChI=1S/C22H16N4OS/c23-10-14-7-13(16-11-27-17-5-6-26-22(25)20(16)17)8-15(21(14)24)19-9-12-3-1-2-4-18(12)28-19/h1-11,23H,24H2,(H2,25,26). The van der Waals surface area contributed by atoms with Gasteiger partial charge in [-0.15, -0.1) is 11.3 Å². The summed E-state index contributed by atoms with van der Waals surface area (Å²) in [6.45, 7) is 0. The first-order valence-corrected chi connectivity index (χ1v) is 9.52. The number of anilines is 2. The minimum atomic E-state index is 0.415. The van der Waals surface area contributed by atoms with Crippen LogP contribution in [0.1, 0.15) is 5.56 Å². The van der Waals surface area contributed by atoms with E-state index in [1.807, 2.05) is 24.3 Å². The number of hydrogen-bond donors (Lipinski definition) is 3. The monoisotopic (exact) mass is 384 g/mol. The van der Waals surface area contributed by atoms with Gasteiger partial charge >= 0.3 is 0 Å². The van der Waals surface area contributed by atoms with E-state index in [2.05, 4.69) is 23.2 Å². The Kier molecular flexibility index (Phi) is 3.67. The SMILES string of the molecule is N=Cc1cc(-c2coc3ccnc(N)c23)cc(-c2cc3ccccc3s2)c1N. The molecule has 0 unspecified atom stereocenters. The Hall–Kier alpha value is -3.64. The Morgan fingerprint density at radius 2 is 1.89 bits per heavy atom. The van der Waals surface area contributed by atoms with Crippen molar-refractivity contribution in [2.24, 2.45) is 0 Å². The quantitative estimate of drug-likeness (QED) is 0.281. The summed E-state index contributed by atoms with van der Waals surface area (Å²) < 4.78 is 6.87. The Bertz CT molecular complexity index is 1330. The lowest BCUT2D eigenvalue weighted by Gasteiger charge is -2.10. The first-order valence-electron chi connectivity index (χ1n) is 8.70. The molecule has 28 heavy (non-hydrogen) atoms. The van der Waals surface area contributed by atoms with Crippen LogP contribution >= 0.6 is 11.3 Å². The van der Waals surface area contributed by atoms with Gasteiger partial charge in [-0.25, -0.2) is 4.98 Å². The molecule has 0 radical (unpaired) electrons. The molecule has 3 aromatic heterocycles. The van der Waals surface area contributed by atoms with Gasteiger partial charge in [-0.3, -0.25) is 0 Å². The average molecular weight is 384 g/mol. The van der Waals surface area contributed by atoms with Gasteiger partial charge < -0.3 is 21.3 Å². The molecule has 0 spiro atoms. The molecular weight excluding hydrogens is 368 g/mol. The summed E-state index contributed by atoms with van der Waals surface area (Å²) in [7, 11) is 0. The molecule has 0 atom stereocenters. The van der Waals surface area contributed by atoms with Crippen LogP contribution in [-0.2, 0) is 0 Å². The van der Waals surface area contributed by atoms with Gasteiger partial charge in [0, 0.05) is 44.4 Å². The Morgan fingerprint density at radius 1 is 1.04 bits per heavy atom. The molecular formula is C22H16N4OS. The molecule has 5 rings (SSSR count). The molecule has 0 saturated heterocycles. The molecule has 136 valence electrons.